The lowest BCUT2D eigenvalue weighted by atomic mass is 9.74. The standard InChI is InChI=1S/C15H23ClN4O/c1-2-20-14(21)13(16)12(9-18-20)19-8-4-6-15(11-19)5-3-7-17-10-15/h9,17H,2-8,10-11H2,1H3. The largest absolute Gasteiger partial charge is 0.368 e. The summed E-state index contributed by atoms with van der Waals surface area (Å²) >= 11 is 6.31. The summed E-state index contributed by atoms with van der Waals surface area (Å²) in [7, 11) is 0. The molecule has 1 unspecified atom stereocenters. The van der Waals surface area contributed by atoms with Crippen molar-refractivity contribution in [3.63, 3.8) is 0 Å². The zero-order chi connectivity index (χ0) is 14.9. The number of halogens is 1. The highest BCUT2D eigenvalue weighted by Crippen LogP contribution is 2.38. The van der Waals surface area contributed by atoms with Crippen LogP contribution in [0.2, 0.25) is 5.02 Å². The van der Waals surface area contributed by atoms with Crippen LogP contribution in [0.15, 0.2) is 11.0 Å². The second kappa shape index (κ2) is 5.97. The third-order valence-electron chi connectivity index (χ3n) is 4.83. The molecule has 2 saturated heterocycles. The maximum Gasteiger partial charge on any atom is 0.287 e. The van der Waals surface area contributed by atoms with Crippen molar-refractivity contribution in [1.82, 2.24) is 15.1 Å². The molecule has 2 fully saturated rings. The van der Waals surface area contributed by atoms with Gasteiger partial charge in [0.15, 0.2) is 0 Å². The highest BCUT2D eigenvalue weighted by Gasteiger charge is 2.37. The van der Waals surface area contributed by atoms with Gasteiger partial charge in [-0.3, -0.25) is 4.79 Å². The van der Waals surface area contributed by atoms with E-state index in [1.165, 1.54) is 23.9 Å². The van der Waals surface area contributed by atoms with Gasteiger partial charge in [0.2, 0.25) is 0 Å². The van der Waals surface area contributed by atoms with E-state index in [1.807, 2.05) is 6.92 Å². The summed E-state index contributed by atoms with van der Waals surface area (Å²) in [5.74, 6) is 0. The third-order valence-corrected chi connectivity index (χ3v) is 5.18. The molecule has 0 bridgehead atoms. The Morgan fingerprint density at radius 1 is 1.43 bits per heavy atom. The van der Waals surface area contributed by atoms with E-state index in [1.54, 1.807) is 6.20 Å². The first-order valence-corrected chi connectivity index (χ1v) is 8.24. The van der Waals surface area contributed by atoms with Crippen LogP contribution in [0.5, 0.6) is 0 Å². The van der Waals surface area contributed by atoms with Gasteiger partial charge in [0.1, 0.15) is 5.02 Å². The van der Waals surface area contributed by atoms with Gasteiger partial charge in [0.25, 0.3) is 5.56 Å². The number of aromatic nitrogens is 2. The monoisotopic (exact) mass is 310 g/mol. The first-order chi connectivity index (χ1) is 10.2. The van der Waals surface area contributed by atoms with E-state index in [2.05, 4.69) is 15.3 Å². The van der Waals surface area contributed by atoms with E-state index in [4.69, 9.17) is 11.6 Å². The lowest BCUT2D eigenvalue weighted by molar-refractivity contribution is 0.173. The number of nitrogens with zero attached hydrogens (tertiary/aromatic N) is 3. The van der Waals surface area contributed by atoms with Crippen molar-refractivity contribution in [1.29, 1.82) is 0 Å². The number of aryl methyl sites for hydroxylation is 1. The van der Waals surface area contributed by atoms with Crippen molar-refractivity contribution in [3.05, 3.63) is 21.6 Å². The predicted octanol–water partition coefficient (Wildman–Crippen LogP) is 1.89. The summed E-state index contributed by atoms with van der Waals surface area (Å²) < 4.78 is 1.41. The Hall–Kier alpha value is -1.07. The van der Waals surface area contributed by atoms with E-state index >= 15 is 0 Å². The molecule has 0 radical (unpaired) electrons. The fraction of sp³-hybridized carbons (Fsp3) is 0.733. The number of piperidine rings is 2. The predicted molar refractivity (Wildman–Crippen MR) is 85.2 cm³/mol. The van der Waals surface area contributed by atoms with Crippen molar-refractivity contribution in [2.45, 2.75) is 39.2 Å². The van der Waals surface area contributed by atoms with E-state index in [9.17, 15) is 4.79 Å². The highest BCUT2D eigenvalue weighted by molar-refractivity contribution is 6.33. The van der Waals surface area contributed by atoms with Crippen molar-refractivity contribution in [2.75, 3.05) is 31.1 Å². The minimum absolute atomic E-state index is 0.182. The fourth-order valence-corrected chi connectivity index (χ4v) is 3.96. The fourth-order valence-electron chi connectivity index (χ4n) is 3.69. The number of hydrogen-bond donors (Lipinski definition) is 1. The molecule has 2 aliphatic rings. The molecule has 3 heterocycles. The molecule has 1 aromatic heterocycles. The zero-order valence-electron chi connectivity index (χ0n) is 12.6. The van der Waals surface area contributed by atoms with Gasteiger partial charge < -0.3 is 10.2 Å². The Morgan fingerprint density at radius 3 is 2.95 bits per heavy atom. The molecule has 0 aliphatic carbocycles. The summed E-state index contributed by atoms with van der Waals surface area (Å²) in [5.41, 5.74) is 0.952. The summed E-state index contributed by atoms with van der Waals surface area (Å²) in [5, 5.41) is 8.06. The van der Waals surface area contributed by atoms with Crippen molar-refractivity contribution < 1.29 is 0 Å². The molecule has 1 aromatic rings. The average Bonchev–Trinajstić information content (AvgIpc) is 2.51. The molecule has 1 N–H and O–H groups in total. The second-order valence-corrected chi connectivity index (χ2v) is 6.65. The van der Waals surface area contributed by atoms with Crippen LogP contribution < -0.4 is 15.8 Å². The van der Waals surface area contributed by atoms with Crippen LogP contribution in [-0.2, 0) is 6.54 Å². The molecule has 0 saturated carbocycles. The molecular weight excluding hydrogens is 288 g/mol. The average molecular weight is 311 g/mol. The SMILES string of the molecule is CCn1ncc(N2CCCC3(CCCNC3)C2)c(Cl)c1=O. The van der Waals surface area contributed by atoms with Crippen LogP contribution in [0.4, 0.5) is 5.69 Å². The summed E-state index contributed by atoms with van der Waals surface area (Å²) in [4.78, 5) is 14.4. The van der Waals surface area contributed by atoms with Crippen molar-refractivity contribution in [3.8, 4) is 0 Å². The third kappa shape index (κ3) is 2.81. The van der Waals surface area contributed by atoms with E-state index in [0.717, 1.165) is 38.3 Å². The second-order valence-electron chi connectivity index (χ2n) is 6.27. The van der Waals surface area contributed by atoms with Crippen LogP contribution in [-0.4, -0.2) is 36.0 Å². The lowest BCUT2D eigenvalue weighted by Gasteiger charge is -2.46. The molecule has 2 aliphatic heterocycles. The first-order valence-electron chi connectivity index (χ1n) is 7.86. The number of rotatable bonds is 2. The summed E-state index contributed by atoms with van der Waals surface area (Å²) in [6.45, 7) is 6.56. The molecular formula is C15H23ClN4O. The molecule has 21 heavy (non-hydrogen) atoms. The zero-order valence-corrected chi connectivity index (χ0v) is 13.3. The molecule has 1 atom stereocenters. The lowest BCUT2D eigenvalue weighted by Crippen LogP contribution is -2.51. The molecule has 3 rings (SSSR count). The van der Waals surface area contributed by atoms with Crippen LogP contribution in [0.1, 0.15) is 32.6 Å². The molecule has 116 valence electrons. The normalized spacial score (nSPS) is 26.3. The minimum atomic E-state index is -0.182. The van der Waals surface area contributed by atoms with Crippen LogP contribution in [0.3, 0.4) is 0 Å². The van der Waals surface area contributed by atoms with Gasteiger partial charge in [0, 0.05) is 31.6 Å². The topological polar surface area (TPSA) is 50.2 Å². The molecule has 0 amide bonds. The highest BCUT2D eigenvalue weighted by atomic mass is 35.5. The Labute approximate surface area is 130 Å². The first kappa shape index (κ1) is 14.9. The van der Waals surface area contributed by atoms with Crippen LogP contribution >= 0.6 is 11.6 Å². The Kier molecular flexibility index (Phi) is 4.22. The van der Waals surface area contributed by atoms with Gasteiger partial charge in [-0.05, 0) is 39.2 Å². The number of anilines is 1. The van der Waals surface area contributed by atoms with Gasteiger partial charge in [-0.2, -0.15) is 5.10 Å². The Bertz CT molecular complexity index is 560. The van der Waals surface area contributed by atoms with E-state index in [-0.39, 0.29) is 5.56 Å². The van der Waals surface area contributed by atoms with Gasteiger partial charge in [-0.25, -0.2) is 4.68 Å². The summed E-state index contributed by atoms with van der Waals surface area (Å²) in [6, 6.07) is 0. The van der Waals surface area contributed by atoms with E-state index in [0.29, 0.717) is 17.0 Å². The van der Waals surface area contributed by atoms with Gasteiger partial charge in [0.05, 0.1) is 11.9 Å². The Balaban J connectivity index is 1.86. The Morgan fingerprint density at radius 2 is 2.24 bits per heavy atom. The van der Waals surface area contributed by atoms with E-state index < -0.39 is 0 Å². The maximum atomic E-state index is 12.2. The quantitative estimate of drug-likeness (QED) is 0.906. The van der Waals surface area contributed by atoms with Crippen LogP contribution in [0.25, 0.3) is 0 Å². The minimum Gasteiger partial charge on any atom is -0.368 e. The smallest absolute Gasteiger partial charge is 0.287 e. The maximum absolute atomic E-state index is 12.2. The van der Waals surface area contributed by atoms with Crippen molar-refractivity contribution >= 4 is 17.3 Å². The summed E-state index contributed by atoms with van der Waals surface area (Å²) in [6.07, 6.45) is 6.65. The van der Waals surface area contributed by atoms with Gasteiger partial charge >= 0.3 is 0 Å². The molecule has 5 nitrogen and oxygen atoms in total. The molecule has 0 aromatic carbocycles. The van der Waals surface area contributed by atoms with Crippen molar-refractivity contribution in [2.24, 2.45) is 5.41 Å². The molecule has 6 heteroatoms. The van der Waals surface area contributed by atoms with Crippen LogP contribution in [0, 0.1) is 5.41 Å². The number of nitrogens with one attached hydrogen (secondary N) is 1. The van der Waals surface area contributed by atoms with Gasteiger partial charge in [-0.15, -0.1) is 0 Å². The molecule has 1 spiro atoms. The van der Waals surface area contributed by atoms with Gasteiger partial charge in [-0.1, -0.05) is 11.6 Å². The number of hydrogen-bond acceptors (Lipinski definition) is 4.